The summed E-state index contributed by atoms with van der Waals surface area (Å²) < 4.78 is 1.92. The average molecular weight is 395 g/mol. The SMILES string of the molecule is Cc1nn(-c2ccccc2)c2sc(C(=O)N3CCN(C(=O)C4CC4)CC3)cc12. The smallest absolute Gasteiger partial charge is 0.264 e. The summed E-state index contributed by atoms with van der Waals surface area (Å²) in [6, 6.07) is 12.0. The van der Waals surface area contributed by atoms with Crippen molar-refractivity contribution in [1.29, 1.82) is 0 Å². The number of fused-ring (bicyclic) bond motifs is 1. The number of carbonyl (C=O) groups is 2. The second-order valence-corrected chi connectivity index (χ2v) is 8.58. The molecule has 5 rings (SSSR count). The number of aromatic nitrogens is 2. The number of nitrogens with zero attached hydrogens (tertiary/aromatic N) is 4. The summed E-state index contributed by atoms with van der Waals surface area (Å²) in [7, 11) is 0. The third kappa shape index (κ3) is 2.99. The molecule has 6 nitrogen and oxygen atoms in total. The van der Waals surface area contributed by atoms with Crippen LogP contribution in [-0.4, -0.2) is 57.6 Å². The van der Waals surface area contributed by atoms with Gasteiger partial charge >= 0.3 is 0 Å². The van der Waals surface area contributed by atoms with Crippen molar-refractivity contribution in [3.8, 4) is 5.69 Å². The number of rotatable bonds is 3. The van der Waals surface area contributed by atoms with Crippen LogP contribution < -0.4 is 0 Å². The zero-order valence-electron chi connectivity index (χ0n) is 15.8. The first-order chi connectivity index (χ1) is 13.6. The fraction of sp³-hybridized carbons (Fsp3) is 0.381. The highest BCUT2D eigenvalue weighted by Crippen LogP contribution is 2.33. The van der Waals surface area contributed by atoms with Crippen LogP contribution in [0.1, 0.15) is 28.2 Å². The molecule has 2 amide bonds. The van der Waals surface area contributed by atoms with Crippen LogP contribution >= 0.6 is 11.3 Å². The van der Waals surface area contributed by atoms with Crippen molar-refractivity contribution in [1.82, 2.24) is 19.6 Å². The summed E-state index contributed by atoms with van der Waals surface area (Å²) in [5.41, 5.74) is 1.92. The zero-order valence-corrected chi connectivity index (χ0v) is 16.6. The van der Waals surface area contributed by atoms with Crippen LogP contribution in [0.5, 0.6) is 0 Å². The molecule has 0 bridgehead atoms. The van der Waals surface area contributed by atoms with E-state index in [0.717, 1.165) is 39.3 Å². The Morgan fingerprint density at radius 1 is 1.04 bits per heavy atom. The van der Waals surface area contributed by atoms with Crippen molar-refractivity contribution in [3.05, 3.63) is 47.0 Å². The maximum Gasteiger partial charge on any atom is 0.264 e. The molecule has 144 valence electrons. The van der Waals surface area contributed by atoms with Crippen molar-refractivity contribution >= 4 is 33.4 Å². The minimum Gasteiger partial charge on any atom is -0.339 e. The molecule has 1 aliphatic carbocycles. The van der Waals surface area contributed by atoms with Gasteiger partial charge in [0.1, 0.15) is 4.83 Å². The van der Waals surface area contributed by atoms with Gasteiger partial charge < -0.3 is 9.80 Å². The number of carbonyl (C=O) groups excluding carboxylic acids is 2. The Bertz CT molecular complexity index is 1040. The number of hydrogen-bond acceptors (Lipinski definition) is 4. The first kappa shape index (κ1) is 17.4. The summed E-state index contributed by atoms with van der Waals surface area (Å²) in [5.74, 6) is 0.569. The zero-order chi connectivity index (χ0) is 19.3. The molecule has 0 unspecified atom stereocenters. The van der Waals surface area contributed by atoms with E-state index in [1.807, 2.05) is 57.8 Å². The molecule has 2 aliphatic rings. The van der Waals surface area contributed by atoms with Gasteiger partial charge in [0.15, 0.2) is 0 Å². The van der Waals surface area contributed by atoms with Gasteiger partial charge in [-0.3, -0.25) is 9.59 Å². The van der Waals surface area contributed by atoms with Crippen molar-refractivity contribution in [2.24, 2.45) is 5.92 Å². The molecule has 28 heavy (non-hydrogen) atoms. The molecule has 0 radical (unpaired) electrons. The molecule has 1 saturated heterocycles. The Morgan fingerprint density at radius 2 is 1.71 bits per heavy atom. The minimum absolute atomic E-state index is 0.0544. The quantitative estimate of drug-likeness (QED) is 0.686. The van der Waals surface area contributed by atoms with Gasteiger partial charge in [-0.15, -0.1) is 11.3 Å². The Kier molecular flexibility index (Phi) is 4.19. The second-order valence-electron chi connectivity index (χ2n) is 7.55. The van der Waals surface area contributed by atoms with Gasteiger partial charge in [-0.2, -0.15) is 5.10 Å². The third-order valence-corrected chi connectivity index (χ3v) is 6.66. The van der Waals surface area contributed by atoms with Crippen LogP contribution in [0.3, 0.4) is 0 Å². The van der Waals surface area contributed by atoms with Crippen molar-refractivity contribution in [2.45, 2.75) is 19.8 Å². The van der Waals surface area contributed by atoms with Crippen molar-refractivity contribution in [3.63, 3.8) is 0 Å². The molecular formula is C21H22N4O2S. The minimum atomic E-state index is 0.0544. The first-order valence-corrected chi connectivity index (χ1v) is 10.6. The van der Waals surface area contributed by atoms with E-state index in [0.29, 0.717) is 26.2 Å². The largest absolute Gasteiger partial charge is 0.339 e. The maximum absolute atomic E-state index is 13.1. The van der Waals surface area contributed by atoms with Gasteiger partial charge in [-0.25, -0.2) is 4.68 Å². The third-order valence-electron chi connectivity index (χ3n) is 5.56. The van der Waals surface area contributed by atoms with E-state index < -0.39 is 0 Å². The van der Waals surface area contributed by atoms with Crippen molar-refractivity contribution < 1.29 is 9.59 Å². The van der Waals surface area contributed by atoms with Crippen LogP contribution in [0.25, 0.3) is 15.9 Å². The lowest BCUT2D eigenvalue weighted by Gasteiger charge is -2.34. The Hall–Kier alpha value is -2.67. The molecule has 2 aromatic heterocycles. The fourth-order valence-corrected chi connectivity index (χ4v) is 4.92. The van der Waals surface area contributed by atoms with Crippen LogP contribution in [0.15, 0.2) is 36.4 Å². The van der Waals surface area contributed by atoms with E-state index in [2.05, 4.69) is 5.10 Å². The number of piperazine rings is 1. The first-order valence-electron chi connectivity index (χ1n) is 9.74. The molecule has 2 fully saturated rings. The number of aryl methyl sites for hydroxylation is 1. The van der Waals surface area contributed by atoms with E-state index in [1.165, 1.54) is 11.3 Å². The molecule has 1 aromatic carbocycles. The predicted octanol–water partition coefficient (Wildman–Crippen LogP) is 3.09. The summed E-state index contributed by atoms with van der Waals surface area (Å²) in [6.45, 7) is 4.47. The molecule has 3 heterocycles. The summed E-state index contributed by atoms with van der Waals surface area (Å²) >= 11 is 1.49. The Labute approximate surface area is 167 Å². The lowest BCUT2D eigenvalue weighted by atomic mass is 10.2. The summed E-state index contributed by atoms with van der Waals surface area (Å²) in [5, 5.41) is 5.67. The van der Waals surface area contributed by atoms with Gasteiger partial charge in [0.05, 0.1) is 16.3 Å². The Balaban J connectivity index is 1.36. The molecule has 3 aromatic rings. The van der Waals surface area contributed by atoms with Gasteiger partial charge in [0.25, 0.3) is 5.91 Å². The predicted molar refractivity (Wildman–Crippen MR) is 109 cm³/mol. The number of para-hydroxylation sites is 1. The van der Waals surface area contributed by atoms with Crippen molar-refractivity contribution in [2.75, 3.05) is 26.2 Å². The topological polar surface area (TPSA) is 58.4 Å². The number of thiophene rings is 1. The van der Waals surface area contributed by atoms with Crippen LogP contribution in [0.2, 0.25) is 0 Å². The highest BCUT2D eigenvalue weighted by molar-refractivity contribution is 7.20. The molecule has 1 saturated carbocycles. The van der Waals surface area contributed by atoms with E-state index in [-0.39, 0.29) is 17.7 Å². The van der Waals surface area contributed by atoms with Gasteiger partial charge in [0.2, 0.25) is 5.91 Å². The van der Waals surface area contributed by atoms with E-state index >= 15 is 0 Å². The van der Waals surface area contributed by atoms with E-state index in [4.69, 9.17) is 0 Å². The molecule has 1 aliphatic heterocycles. The van der Waals surface area contributed by atoms with E-state index in [9.17, 15) is 9.59 Å². The average Bonchev–Trinajstić information content (AvgIpc) is 3.42. The van der Waals surface area contributed by atoms with Crippen LogP contribution in [0.4, 0.5) is 0 Å². The molecule has 7 heteroatoms. The number of amides is 2. The van der Waals surface area contributed by atoms with Gasteiger partial charge in [0, 0.05) is 37.5 Å². The lowest BCUT2D eigenvalue weighted by molar-refractivity contribution is -0.134. The van der Waals surface area contributed by atoms with Crippen LogP contribution in [0, 0.1) is 12.8 Å². The summed E-state index contributed by atoms with van der Waals surface area (Å²) in [4.78, 5) is 30.8. The fourth-order valence-electron chi connectivity index (χ4n) is 3.77. The number of benzene rings is 1. The van der Waals surface area contributed by atoms with Crippen LogP contribution in [-0.2, 0) is 4.79 Å². The maximum atomic E-state index is 13.1. The molecule has 0 N–H and O–H groups in total. The van der Waals surface area contributed by atoms with Gasteiger partial charge in [-0.05, 0) is 38.0 Å². The summed E-state index contributed by atoms with van der Waals surface area (Å²) in [6.07, 6.45) is 2.05. The molecular weight excluding hydrogens is 372 g/mol. The normalized spacial score (nSPS) is 17.3. The standard InChI is InChI=1S/C21H22N4O2S/c1-14-17-13-18(28-21(17)25(22-14)16-5-3-2-4-6-16)20(27)24-11-9-23(10-12-24)19(26)15-7-8-15/h2-6,13,15H,7-12H2,1H3. The highest BCUT2D eigenvalue weighted by Gasteiger charge is 2.35. The van der Waals surface area contributed by atoms with E-state index in [1.54, 1.807) is 0 Å². The molecule has 0 spiro atoms. The second kappa shape index (κ2) is 6.74. The monoisotopic (exact) mass is 394 g/mol. The molecule has 0 atom stereocenters. The Morgan fingerprint density at radius 3 is 2.39 bits per heavy atom. The van der Waals surface area contributed by atoms with Gasteiger partial charge in [-0.1, -0.05) is 18.2 Å². The highest BCUT2D eigenvalue weighted by atomic mass is 32.1. The number of hydrogen-bond donors (Lipinski definition) is 0. The lowest BCUT2D eigenvalue weighted by Crippen LogP contribution is -2.50.